The van der Waals surface area contributed by atoms with E-state index in [1.54, 1.807) is 23.5 Å². The lowest BCUT2D eigenvalue weighted by molar-refractivity contribution is -0.147. The van der Waals surface area contributed by atoms with Gasteiger partial charge in [-0.2, -0.15) is 0 Å². The predicted molar refractivity (Wildman–Crippen MR) is 114 cm³/mol. The second kappa shape index (κ2) is 9.24. The van der Waals surface area contributed by atoms with Gasteiger partial charge < -0.3 is 14.9 Å². The fraction of sp³-hybridized carbons (Fsp3) is 0.579. The number of carboxylic acid groups (broad SMARTS) is 1. The number of rotatable bonds is 8. The SMILES string of the molecule is O=C(O)C1CC2(CN1C(=O)CP(=O)(O)CCCCc1ccccc1)SCCS2. The Morgan fingerprint density at radius 1 is 1.18 bits per heavy atom. The van der Waals surface area contributed by atoms with Crippen LogP contribution in [-0.4, -0.2) is 67.3 Å². The third-order valence-corrected chi connectivity index (χ3v) is 10.4. The molecule has 1 spiro atoms. The Morgan fingerprint density at radius 3 is 2.50 bits per heavy atom. The van der Waals surface area contributed by atoms with E-state index in [0.717, 1.165) is 24.3 Å². The number of likely N-dealkylation sites (tertiary alicyclic amines) is 1. The van der Waals surface area contributed by atoms with E-state index in [1.807, 2.05) is 30.3 Å². The number of hydrogen-bond acceptors (Lipinski definition) is 5. The molecule has 2 atom stereocenters. The van der Waals surface area contributed by atoms with Gasteiger partial charge in [-0.1, -0.05) is 30.3 Å². The molecular weight excluding hydrogens is 417 g/mol. The molecular formula is C19H26NO5PS2. The minimum Gasteiger partial charge on any atom is -0.480 e. The molecule has 3 rings (SSSR count). The Labute approximate surface area is 173 Å². The first kappa shape index (κ1) is 21.8. The van der Waals surface area contributed by atoms with Crippen molar-refractivity contribution in [2.24, 2.45) is 0 Å². The first-order valence-corrected chi connectivity index (χ1v) is 13.5. The molecule has 0 radical (unpaired) electrons. The zero-order chi connectivity index (χ0) is 20.2. The van der Waals surface area contributed by atoms with Crippen LogP contribution in [-0.2, 0) is 20.6 Å². The van der Waals surface area contributed by atoms with Gasteiger partial charge in [0.05, 0.1) is 4.08 Å². The summed E-state index contributed by atoms with van der Waals surface area (Å²) in [6, 6.07) is 9.03. The Morgan fingerprint density at radius 2 is 1.86 bits per heavy atom. The van der Waals surface area contributed by atoms with Crippen LogP contribution < -0.4 is 0 Å². The molecule has 6 nitrogen and oxygen atoms in total. The standard InChI is InChI=1S/C19H26NO5PS2/c21-17(20-14-19(27-10-11-28-19)12-16(20)18(22)23)13-26(24,25)9-5-4-8-15-6-2-1-3-7-15/h1-3,6-7,16H,4-5,8-14H2,(H,22,23)(H,24,25). The van der Waals surface area contributed by atoms with Crippen LogP contribution in [0.15, 0.2) is 30.3 Å². The molecule has 2 heterocycles. The highest BCUT2D eigenvalue weighted by molar-refractivity contribution is 8.21. The van der Waals surface area contributed by atoms with Crippen molar-refractivity contribution in [1.29, 1.82) is 0 Å². The minimum absolute atomic E-state index is 0.0891. The Bertz CT molecular complexity index is 754. The average Bonchev–Trinajstić information content (AvgIpc) is 3.27. The Kier molecular flexibility index (Phi) is 7.18. The van der Waals surface area contributed by atoms with E-state index in [-0.39, 0.29) is 10.2 Å². The minimum atomic E-state index is -3.62. The van der Waals surface area contributed by atoms with Gasteiger partial charge in [-0.05, 0) is 24.8 Å². The number of carbonyl (C=O) groups is 2. The van der Waals surface area contributed by atoms with E-state index in [4.69, 9.17) is 0 Å². The summed E-state index contributed by atoms with van der Waals surface area (Å²) >= 11 is 3.40. The van der Waals surface area contributed by atoms with Crippen molar-refractivity contribution < 1.29 is 24.2 Å². The van der Waals surface area contributed by atoms with Crippen molar-refractivity contribution >= 4 is 42.8 Å². The van der Waals surface area contributed by atoms with Crippen LogP contribution in [0.5, 0.6) is 0 Å². The van der Waals surface area contributed by atoms with Gasteiger partial charge in [-0.15, -0.1) is 23.5 Å². The van der Waals surface area contributed by atoms with Gasteiger partial charge >= 0.3 is 5.97 Å². The van der Waals surface area contributed by atoms with E-state index in [1.165, 1.54) is 10.5 Å². The van der Waals surface area contributed by atoms with Gasteiger partial charge in [0.1, 0.15) is 12.2 Å². The Hall–Kier alpha value is -0.950. The third kappa shape index (κ3) is 5.56. The van der Waals surface area contributed by atoms with Crippen LogP contribution in [0.3, 0.4) is 0 Å². The molecule has 0 bridgehead atoms. The molecule has 0 aromatic heterocycles. The zero-order valence-corrected chi connectivity index (χ0v) is 18.2. The van der Waals surface area contributed by atoms with Crippen molar-refractivity contribution in [3.8, 4) is 0 Å². The molecule has 2 fully saturated rings. The number of carboxylic acids is 1. The lowest BCUT2D eigenvalue weighted by Crippen LogP contribution is -2.42. The number of aryl methyl sites for hydroxylation is 1. The predicted octanol–water partition coefficient (Wildman–Crippen LogP) is 3.14. The van der Waals surface area contributed by atoms with Gasteiger partial charge in [-0.25, -0.2) is 4.79 Å². The summed E-state index contributed by atoms with van der Waals surface area (Å²) in [6.07, 6.45) is 2.20. The average molecular weight is 444 g/mol. The van der Waals surface area contributed by atoms with E-state index < -0.39 is 31.4 Å². The molecule has 28 heavy (non-hydrogen) atoms. The summed E-state index contributed by atoms with van der Waals surface area (Å²) in [5.74, 6) is 0.345. The number of aliphatic carboxylic acids is 1. The van der Waals surface area contributed by atoms with Gasteiger partial charge in [0.2, 0.25) is 13.3 Å². The topological polar surface area (TPSA) is 94.9 Å². The third-order valence-electron chi connectivity index (χ3n) is 5.16. The second-order valence-corrected chi connectivity index (χ2v) is 13.0. The first-order valence-electron chi connectivity index (χ1n) is 9.45. The normalized spacial score (nSPS) is 23.0. The maximum atomic E-state index is 12.7. The molecule has 0 saturated carbocycles. The lowest BCUT2D eigenvalue weighted by atomic mass is 10.1. The quantitative estimate of drug-likeness (QED) is 0.471. The van der Waals surface area contributed by atoms with Crippen LogP contribution in [0.4, 0.5) is 0 Å². The highest BCUT2D eigenvalue weighted by Gasteiger charge is 2.51. The Balaban J connectivity index is 1.51. The molecule has 1 aromatic carbocycles. The van der Waals surface area contributed by atoms with Crippen molar-refractivity contribution in [2.45, 2.75) is 35.8 Å². The molecule has 9 heteroatoms. The number of benzene rings is 1. The molecule has 2 N–H and O–H groups in total. The molecule has 0 aliphatic carbocycles. The fourth-order valence-corrected chi connectivity index (χ4v) is 8.48. The van der Waals surface area contributed by atoms with E-state index in [0.29, 0.717) is 19.4 Å². The monoisotopic (exact) mass is 443 g/mol. The molecule has 154 valence electrons. The van der Waals surface area contributed by atoms with Crippen LogP contribution in [0, 0.1) is 0 Å². The molecule has 2 aliphatic rings. The van der Waals surface area contributed by atoms with Crippen LogP contribution >= 0.6 is 30.9 Å². The number of carbonyl (C=O) groups excluding carboxylic acids is 1. The summed E-state index contributed by atoms with van der Waals surface area (Å²) in [5.41, 5.74) is 1.18. The number of thioether (sulfide) groups is 2. The highest BCUT2D eigenvalue weighted by Crippen LogP contribution is 2.52. The molecule has 2 aliphatic heterocycles. The van der Waals surface area contributed by atoms with Gasteiger partial charge in [0.25, 0.3) is 0 Å². The van der Waals surface area contributed by atoms with E-state index >= 15 is 0 Å². The van der Waals surface area contributed by atoms with Crippen LogP contribution in [0.2, 0.25) is 0 Å². The largest absolute Gasteiger partial charge is 0.480 e. The van der Waals surface area contributed by atoms with Crippen molar-refractivity contribution in [3.63, 3.8) is 0 Å². The summed E-state index contributed by atoms with van der Waals surface area (Å²) in [7, 11) is -3.62. The van der Waals surface area contributed by atoms with E-state index in [2.05, 4.69) is 0 Å². The number of hydrogen-bond donors (Lipinski definition) is 2. The number of amides is 1. The fourth-order valence-electron chi connectivity index (χ4n) is 3.74. The second-order valence-electron chi connectivity index (χ2n) is 7.36. The summed E-state index contributed by atoms with van der Waals surface area (Å²) in [4.78, 5) is 35.9. The highest BCUT2D eigenvalue weighted by atomic mass is 32.2. The van der Waals surface area contributed by atoms with E-state index in [9.17, 15) is 24.2 Å². The maximum Gasteiger partial charge on any atom is 0.326 e. The van der Waals surface area contributed by atoms with Crippen LogP contribution in [0.1, 0.15) is 24.8 Å². The summed E-state index contributed by atoms with van der Waals surface area (Å²) < 4.78 is 12.3. The van der Waals surface area contributed by atoms with Gasteiger partial charge in [0, 0.05) is 30.6 Å². The first-order chi connectivity index (χ1) is 13.3. The lowest BCUT2D eigenvalue weighted by Gasteiger charge is -2.24. The van der Waals surface area contributed by atoms with Gasteiger partial charge in [-0.3, -0.25) is 9.36 Å². The molecule has 1 aromatic rings. The molecule has 1 amide bonds. The molecule has 2 saturated heterocycles. The summed E-state index contributed by atoms with van der Waals surface area (Å²) in [5, 5.41) is 9.51. The smallest absolute Gasteiger partial charge is 0.326 e. The van der Waals surface area contributed by atoms with Gasteiger partial charge in [0.15, 0.2) is 0 Å². The number of unbranched alkanes of at least 4 members (excludes halogenated alkanes) is 1. The zero-order valence-electron chi connectivity index (χ0n) is 15.7. The number of nitrogens with zero attached hydrogens (tertiary/aromatic N) is 1. The molecule has 2 unspecified atom stereocenters. The van der Waals surface area contributed by atoms with Crippen molar-refractivity contribution in [3.05, 3.63) is 35.9 Å². The van der Waals surface area contributed by atoms with Crippen molar-refractivity contribution in [1.82, 2.24) is 4.90 Å². The van der Waals surface area contributed by atoms with Crippen molar-refractivity contribution in [2.75, 3.05) is 30.4 Å². The van der Waals surface area contributed by atoms with Crippen LogP contribution in [0.25, 0.3) is 0 Å². The summed E-state index contributed by atoms with van der Waals surface area (Å²) in [6.45, 7) is 0.339. The maximum absolute atomic E-state index is 12.7.